The SMILES string of the molecule is COCCN1C[C@]2(CCCN(C(=O)c3cc(F)ccc3OC)C2)CCC1=O. The van der Waals surface area contributed by atoms with Crippen LogP contribution in [0.4, 0.5) is 4.39 Å². The molecule has 0 radical (unpaired) electrons. The van der Waals surface area contributed by atoms with Crippen LogP contribution in [0, 0.1) is 11.2 Å². The Labute approximate surface area is 159 Å². The molecule has 0 N–H and O–H groups in total. The maximum Gasteiger partial charge on any atom is 0.257 e. The zero-order valence-electron chi connectivity index (χ0n) is 16.0. The number of ether oxygens (including phenoxy) is 2. The molecule has 2 amide bonds. The van der Waals surface area contributed by atoms with Gasteiger partial charge in [-0.1, -0.05) is 0 Å². The smallest absolute Gasteiger partial charge is 0.257 e. The highest BCUT2D eigenvalue weighted by molar-refractivity contribution is 5.97. The lowest BCUT2D eigenvalue weighted by Crippen LogP contribution is -2.55. The third kappa shape index (κ3) is 4.24. The van der Waals surface area contributed by atoms with E-state index in [1.807, 2.05) is 4.90 Å². The number of piperidine rings is 2. The van der Waals surface area contributed by atoms with Crippen LogP contribution in [0.1, 0.15) is 36.0 Å². The molecule has 2 saturated heterocycles. The van der Waals surface area contributed by atoms with E-state index in [0.717, 1.165) is 19.3 Å². The first kappa shape index (κ1) is 19.6. The molecule has 7 heteroatoms. The maximum atomic E-state index is 13.7. The second-order valence-electron chi connectivity index (χ2n) is 7.48. The number of hydrogen-bond donors (Lipinski definition) is 0. The summed E-state index contributed by atoms with van der Waals surface area (Å²) < 4.78 is 24.0. The van der Waals surface area contributed by atoms with Gasteiger partial charge in [0.1, 0.15) is 11.6 Å². The Morgan fingerprint density at radius 3 is 2.81 bits per heavy atom. The third-order valence-corrected chi connectivity index (χ3v) is 5.65. The number of hydrogen-bond acceptors (Lipinski definition) is 4. The topological polar surface area (TPSA) is 59.1 Å². The molecule has 2 aliphatic heterocycles. The van der Waals surface area contributed by atoms with E-state index in [2.05, 4.69) is 0 Å². The summed E-state index contributed by atoms with van der Waals surface area (Å²) in [6.45, 7) is 2.92. The van der Waals surface area contributed by atoms with E-state index in [-0.39, 0.29) is 22.8 Å². The molecule has 0 aliphatic carbocycles. The summed E-state index contributed by atoms with van der Waals surface area (Å²) in [5, 5.41) is 0. The minimum atomic E-state index is -0.458. The fourth-order valence-corrected chi connectivity index (χ4v) is 4.24. The first-order valence-corrected chi connectivity index (χ1v) is 9.37. The van der Waals surface area contributed by atoms with Crippen LogP contribution in [-0.2, 0) is 9.53 Å². The predicted octanol–water partition coefficient (Wildman–Crippen LogP) is 2.33. The molecule has 0 unspecified atom stereocenters. The Kier molecular flexibility index (Phi) is 5.99. The molecule has 1 spiro atoms. The van der Waals surface area contributed by atoms with Gasteiger partial charge in [0, 0.05) is 45.1 Å². The fraction of sp³-hybridized carbons (Fsp3) is 0.600. The van der Waals surface area contributed by atoms with Gasteiger partial charge in [-0.2, -0.15) is 0 Å². The fourth-order valence-electron chi connectivity index (χ4n) is 4.24. The molecule has 3 rings (SSSR count). The highest BCUT2D eigenvalue weighted by Gasteiger charge is 2.43. The van der Waals surface area contributed by atoms with Crippen LogP contribution in [0.5, 0.6) is 5.75 Å². The van der Waals surface area contributed by atoms with Crippen molar-refractivity contribution in [2.75, 3.05) is 47.0 Å². The molecule has 0 saturated carbocycles. The lowest BCUT2D eigenvalue weighted by molar-refractivity contribution is -0.139. The van der Waals surface area contributed by atoms with Crippen LogP contribution in [0.3, 0.4) is 0 Å². The van der Waals surface area contributed by atoms with Gasteiger partial charge in [-0.15, -0.1) is 0 Å². The number of benzene rings is 1. The van der Waals surface area contributed by atoms with Gasteiger partial charge in [0.25, 0.3) is 5.91 Å². The van der Waals surface area contributed by atoms with Crippen LogP contribution in [0.2, 0.25) is 0 Å². The van der Waals surface area contributed by atoms with Crippen LogP contribution in [-0.4, -0.2) is 68.6 Å². The number of nitrogens with zero attached hydrogens (tertiary/aromatic N) is 2. The number of amides is 2. The largest absolute Gasteiger partial charge is 0.496 e. The van der Waals surface area contributed by atoms with Crippen molar-refractivity contribution in [2.24, 2.45) is 5.41 Å². The second kappa shape index (κ2) is 8.25. The highest BCUT2D eigenvalue weighted by atomic mass is 19.1. The van der Waals surface area contributed by atoms with Gasteiger partial charge >= 0.3 is 0 Å². The molecule has 2 fully saturated rings. The van der Waals surface area contributed by atoms with Crippen molar-refractivity contribution < 1.29 is 23.5 Å². The van der Waals surface area contributed by atoms with Gasteiger partial charge in [0.05, 0.1) is 19.3 Å². The Hall–Kier alpha value is -2.15. The Morgan fingerprint density at radius 2 is 2.07 bits per heavy atom. The summed E-state index contributed by atoms with van der Waals surface area (Å²) in [6.07, 6.45) is 3.12. The minimum Gasteiger partial charge on any atom is -0.496 e. The van der Waals surface area contributed by atoms with Crippen molar-refractivity contribution in [3.05, 3.63) is 29.6 Å². The Morgan fingerprint density at radius 1 is 1.26 bits per heavy atom. The van der Waals surface area contributed by atoms with Crippen molar-refractivity contribution in [3.8, 4) is 5.75 Å². The number of rotatable bonds is 5. The van der Waals surface area contributed by atoms with E-state index in [4.69, 9.17) is 9.47 Å². The minimum absolute atomic E-state index is 0.101. The van der Waals surface area contributed by atoms with Crippen molar-refractivity contribution in [1.29, 1.82) is 0 Å². The lowest BCUT2D eigenvalue weighted by atomic mass is 9.73. The lowest BCUT2D eigenvalue weighted by Gasteiger charge is -2.48. The Bertz CT molecular complexity index is 711. The van der Waals surface area contributed by atoms with E-state index in [0.29, 0.717) is 45.0 Å². The first-order valence-electron chi connectivity index (χ1n) is 9.37. The van der Waals surface area contributed by atoms with Gasteiger partial charge in [-0.05, 0) is 37.5 Å². The number of methoxy groups -OCH3 is 2. The van der Waals surface area contributed by atoms with E-state index >= 15 is 0 Å². The summed E-state index contributed by atoms with van der Waals surface area (Å²) in [5.41, 5.74) is 0.147. The molecule has 6 nitrogen and oxygen atoms in total. The molecule has 1 atom stereocenters. The van der Waals surface area contributed by atoms with Gasteiger partial charge in [0.2, 0.25) is 5.91 Å². The van der Waals surface area contributed by atoms with E-state index in [1.165, 1.54) is 25.3 Å². The van der Waals surface area contributed by atoms with Gasteiger partial charge in [-0.25, -0.2) is 4.39 Å². The van der Waals surface area contributed by atoms with Crippen molar-refractivity contribution in [2.45, 2.75) is 25.7 Å². The van der Waals surface area contributed by atoms with Gasteiger partial charge in [0.15, 0.2) is 0 Å². The summed E-state index contributed by atoms with van der Waals surface area (Å²) in [5.74, 6) is -0.153. The third-order valence-electron chi connectivity index (χ3n) is 5.65. The number of likely N-dealkylation sites (tertiary alicyclic amines) is 2. The van der Waals surface area contributed by atoms with Crippen molar-refractivity contribution >= 4 is 11.8 Å². The van der Waals surface area contributed by atoms with Crippen molar-refractivity contribution in [3.63, 3.8) is 0 Å². The molecule has 1 aromatic rings. The standard InChI is InChI=1S/C20H27FN2O4/c1-26-11-10-22-13-20(8-6-18(22)24)7-3-9-23(14-20)19(25)16-12-15(21)4-5-17(16)27-2/h4-5,12H,3,6-11,13-14H2,1-2H3/t20-/m0/s1. The highest BCUT2D eigenvalue weighted by Crippen LogP contribution is 2.39. The summed E-state index contributed by atoms with van der Waals surface area (Å²) in [6, 6.07) is 4.00. The predicted molar refractivity (Wildman–Crippen MR) is 98.2 cm³/mol. The van der Waals surface area contributed by atoms with Crippen LogP contribution < -0.4 is 4.74 Å². The van der Waals surface area contributed by atoms with Crippen LogP contribution in [0.25, 0.3) is 0 Å². The molecule has 0 aromatic heterocycles. The zero-order chi connectivity index (χ0) is 19.4. The molecular formula is C20H27FN2O4. The average Bonchev–Trinajstić information content (AvgIpc) is 2.68. The van der Waals surface area contributed by atoms with Crippen LogP contribution >= 0.6 is 0 Å². The quantitative estimate of drug-likeness (QED) is 0.789. The van der Waals surface area contributed by atoms with E-state index in [1.54, 1.807) is 12.0 Å². The molecule has 27 heavy (non-hydrogen) atoms. The normalized spacial score (nSPS) is 23.0. The molecule has 0 bridgehead atoms. The molecule has 2 aliphatic rings. The van der Waals surface area contributed by atoms with E-state index < -0.39 is 5.82 Å². The maximum absolute atomic E-state index is 13.7. The number of halogens is 1. The number of carbonyl (C=O) groups excluding carboxylic acids is 2. The molecule has 1 aromatic carbocycles. The first-order chi connectivity index (χ1) is 13.0. The van der Waals surface area contributed by atoms with Gasteiger partial charge < -0.3 is 19.3 Å². The number of carbonyl (C=O) groups is 2. The molecule has 2 heterocycles. The van der Waals surface area contributed by atoms with Crippen molar-refractivity contribution in [1.82, 2.24) is 9.80 Å². The monoisotopic (exact) mass is 378 g/mol. The molecular weight excluding hydrogens is 351 g/mol. The average molecular weight is 378 g/mol. The Balaban J connectivity index is 1.76. The summed E-state index contributed by atoms with van der Waals surface area (Å²) in [4.78, 5) is 28.9. The second-order valence-corrected chi connectivity index (χ2v) is 7.48. The summed E-state index contributed by atoms with van der Waals surface area (Å²) >= 11 is 0. The van der Waals surface area contributed by atoms with E-state index in [9.17, 15) is 14.0 Å². The zero-order valence-corrected chi connectivity index (χ0v) is 16.0. The summed E-state index contributed by atoms with van der Waals surface area (Å²) in [7, 11) is 3.10. The van der Waals surface area contributed by atoms with Gasteiger partial charge in [-0.3, -0.25) is 9.59 Å². The molecule has 148 valence electrons. The van der Waals surface area contributed by atoms with Crippen LogP contribution in [0.15, 0.2) is 18.2 Å².